The van der Waals surface area contributed by atoms with E-state index in [9.17, 15) is 4.39 Å². The average molecular weight is 311 g/mol. The molecule has 6 heteroatoms. The minimum atomic E-state index is -0.342. The largest absolute Gasteiger partial charge is 0.368 e. The van der Waals surface area contributed by atoms with Crippen LogP contribution in [-0.2, 0) is 0 Å². The van der Waals surface area contributed by atoms with E-state index in [1.807, 2.05) is 12.2 Å². The molecular weight excluding hydrogens is 293 g/mol. The minimum Gasteiger partial charge on any atom is -0.368 e. The summed E-state index contributed by atoms with van der Waals surface area (Å²) in [5.74, 6) is 0.539. The lowest BCUT2D eigenvalue weighted by atomic mass is 10.1. The highest BCUT2D eigenvalue weighted by Crippen LogP contribution is 2.24. The average Bonchev–Trinajstić information content (AvgIpc) is 2.61. The van der Waals surface area contributed by atoms with E-state index in [0.29, 0.717) is 5.56 Å². The fourth-order valence-corrected chi connectivity index (χ4v) is 2.97. The molecule has 0 unspecified atom stereocenters. The molecule has 0 amide bonds. The van der Waals surface area contributed by atoms with E-state index in [2.05, 4.69) is 37.4 Å². The molecule has 0 saturated carbocycles. The van der Waals surface area contributed by atoms with Gasteiger partial charge in [-0.05, 0) is 24.3 Å². The monoisotopic (exact) mass is 311 g/mol. The summed E-state index contributed by atoms with van der Waals surface area (Å²) in [7, 11) is 0. The highest BCUT2D eigenvalue weighted by molar-refractivity contribution is 6.00. The van der Waals surface area contributed by atoms with Crippen LogP contribution in [0.3, 0.4) is 0 Å². The highest BCUT2D eigenvalue weighted by Gasteiger charge is 2.20. The second-order valence-electron chi connectivity index (χ2n) is 5.73. The summed E-state index contributed by atoms with van der Waals surface area (Å²) in [6.45, 7) is 4.80. The third-order valence-electron chi connectivity index (χ3n) is 4.18. The van der Waals surface area contributed by atoms with Gasteiger partial charge in [-0.2, -0.15) is 0 Å². The van der Waals surface area contributed by atoms with Crippen LogP contribution in [0.2, 0.25) is 0 Å². The van der Waals surface area contributed by atoms with E-state index < -0.39 is 0 Å². The highest BCUT2D eigenvalue weighted by atomic mass is 19.1. The molecule has 1 aromatic heterocycles. The van der Waals surface area contributed by atoms with Crippen molar-refractivity contribution < 1.29 is 4.39 Å². The molecular formula is C17H18FN5. The number of hydrogen-bond acceptors (Lipinski definition) is 5. The fraction of sp³-hybridized carbons (Fsp3) is 0.294. The van der Waals surface area contributed by atoms with E-state index in [-0.39, 0.29) is 5.82 Å². The standard InChI is InChI=1S/C17H18FN5/c18-14-9-13(10-20-11-14)16-3-6-23-12-15(1-2-17(23)21-16)22-7-4-19-5-8-22/h1-3,9-12,19H,4-8H2. The number of hydrogen-bond donors (Lipinski definition) is 1. The number of nitrogens with one attached hydrogen (secondary N) is 1. The summed E-state index contributed by atoms with van der Waals surface area (Å²) in [4.78, 5) is 13.0. The molecule has 1 saturated heterocycles. The van der Waals surface area contributed by atoms with Gasteiger partial charge >= 0.3 is 0 Å². The summed E-state index contributed by atoms with van der Waals surface area (Å²) < 4.78 is 13.3. The van der Waals surface area contributed by atoms with Gasteiger partial charge in [0.25, 0.3) is 0 Å². The number of pyridine rings is 1. The van der Waals surface area contributed by atoms with Gasteiger partial charge in [0, 0.05) is 50.7 Å². The molecule has 1 N–H and O–H groups in total. The Morgan fingerprint density at radius 3 is 2.83 bits per heavy atom. The van der Waals surface area contributed by atoms with Crippen LogP contribution in [0, 0.1) is 5.82 Å². The number of rotatable bonds is 2. The van der Waals surface area contributed by atoms with Crippen molar-refractivity contribution in [2.45, 2.75) is 0 Å². The molecule has 23 heavy (non-hydrogen) atoms. The van der Waals surface area contributed by atoms with Crippen molar-refractivity contribution >= 4 is 11.5 Å². The quantitative estimate of drug-likeness (QED) is 0.901. The number of halogens is 1. The fourth-order valence-electron chi connectivity index (χ4n) is 2.97. The lowest BCUT2D eigenvalue weighted by molar-refractivity contribution is 0.302. The first-order valence-corrected chi connectivity index (χ1v) is 7.81. The van der Waals surface area contributed by atoms with Crippen LogP contribution in [-0.4, -0.2) is 53.3 Å². The first kappa shape index (κ1) is 14.1. The van der Waals surface area contributed by atoms with Gasteiger partial charge in [-0.15, -0.1) is 0 Å². The second-order valence-corrected chi connectivity index (χ2v) is 5.73. The third kappa shape index (κ3) is 2.90. The predicted molar refractivity (Wildman–Crippen MR) is 88.0 cm³/mol. The van der Waals surface area contributed by atoms with Crippen LogP contribution in [0.1, 0.15) is 5.56 Å². The van der Waals surface area contributed by atoms with Gasteiger partial charge < -0.3 is 15.1 Å². The number of aliphatic imine (C=N–C) groups is 1. The number of nitrogens with zero attached hydrogens (tertiary/aromatic N) is 4. The van der Waals surface area contributed by atoms with Crippen LogP contribution in [0.5, 0.6) is 0 Å². The van der Waals surface area contributed by atoms with Gasteiger partial charge in [-0.3, -0.25) is 4.98 Å². The first-order valence-electron chi connectivity index (χ1n) is 7.81. The second kappa shape index (κ2) is 5.96. The first-order chi connectivity index (χ1) is 11.3. The molecule has 118 valence electrons. The van der Waals surface area contributed by atoms with Crippen LogP contribution in [0.25, 0.3) is 5.70 Å². The maximum Gasteiger partial charge on any atom is 0.142 e. The number of piperazine rings is 1. The predicted octanol–water partition coefficient (Wildman–Crippen LogP) is 1.59. The lowest BCUT2D eigenvalue weighted by Crippen LogP contribution is -2.44. The van der Waals surface area contributed by atoms with Crippen molar-refractivity contribution in [3.63, 3.8) is 0 Å². The van der Waals surface area contributed by atoms with Crippen LogP contribution < -0.4 is 5.32 Å². The lowest BCUT2D eigenvalue weighted by Gasteiger charge is -2.34. The van der Waals surface area contributed by atoms with E-state index in [0.717, 1.165) is 44.3 Å². The SMILES string of the molecule is Fc1cncc(C2=CCN3C=C(N4CCNCC4)C=CC3=N2)c1. The Hall–Kier alpha value is -2.47. The molecule has 5 nitrogen and oxygen atoms in total. The molecule has 3 aliphatic heterocycles. The van der Waals surface area contributed by atoms with Crippen molar-refractivity contribution in [3.05, 3.63) is 60.0 Å². The van der Waals surface area contributed by atoms with Crippen molar-refractivity contribution in [2.75, 3.05) is 32.7 Å². The van der Waals surface area contributed by atoms with Crippen molar-refractivity contribution in [2.24, 2.45) is 4.99 Å². The van der Waals surface area contributed by atoms with Crippen LogP contribution >= 0.6 is 0 Å². The van der Waals surface area contributed by atoms with E-state index in [4.69, 9.17) is 0 Å². The van der Waals surface area contributed by atoms with Crippen LogP contribution in [0.4, 0.5) is 4.39 Å². The molecule has 4 heterocycles. The van der Waals surface area contributed by atoms with Gasteiger partial charge in [0.2, 0.25) is 0 Å². The molecule has 0 radical (unpaired) electrons. The molecule has 3 aliphatic rings. The maximum atomic E-state index is 13.3. The number of fused-ring (bicyclic) bond motifs is 1. The summed E-state index contributed by atoms with van der Waals surface area (Å²) in [6, 6.07) is 1.47. The van der Waals surface area contributed by atoms with E-state index in [1.165, 1.54) is 18.0 Å². The van der Waals surface area contributed by atoms with Crippen molar-refractivity contribution in [1.82, 2.24) is 20.1 Å². The zero-order valence-corrected chi connectivity index (χ0v) is 12.7. The molecule has 1 fully saturated rings. The third-order valence-corrected chi connectivity index (χ3v) is 4.18. The van der Waals surface area contributed by atoms with E-state index in [1.54, 1.807) is 6.20 Å². The molecule has 0 bridgehead atoms. The van der Waals surface area contributed by atoms with Gasteiger partial charge in [-0.1, -0.05) is 0 Å². The zero-order chi connectivity index (χ0) is 15.6. The maximum absolute atomic E-state index is 13.3. The Morgan fingerprint density at radius 1 is 1.13 bits per heavy atom. The molecule has 0 atom stereocenters. The number of amidine groups is 1. The Balaban J connectivity index is 1.54. The zero-order valence-electron chi connectivity index (χ0n) is 12.7. The van der Waals surface area contributed by atoms with E-state index >= 15 is 0 Å². The Morgan fingerprint density at radius 2 is 2.00 bits per heavy atom. The smallest absolute Gasteiger partial charge is 0.142 e. The molecule has 0 aromatic carbocycles. The molecule has 4 rings (SSSR count). The molecule has 0 aliphatic carbocycles. The van der Waals surface area contributed by atoms with Crippen molar-refractivity contribution in [1.29, 1.82) is 0 Å². The molecule has 0 spiro atoms. The van der Waals surface area contributed by atoms with Gasteiger partial charge in [0.1, 0.15) is 11.7 Å². The molecule has 1 aromatic rings. The topological polar surface area (TPSA) is 43.8 Å². The normalized spacial score (nSPS) is 20.7. The summed E-state index contributed by atoms with van der Waals surface area (Å²) in [5.41, 5.74) is 2.70. The Kier molecular flexibility index (Phi) is 3.67. The van der Waals surface area contributed by atoms with Gasteiger partial charge in [0.05, 0.1) is 17.6 Å². The number of aromatic nitrogens is 1. The summed E-state index contributed by atoms with van der Waals surface area (Å²) in [5, 5.41) is 3.36. The number of allylic oxidation sites excluding steroid dienone is 1. The van der Waals surface area contributed by atoms with Crippen molar-refractivity contribution in [3.8, 4) is 0 Å². The Bertz CT molecular complexity index is 728. The minimum absolute atomic E-state index is 0.342. The summed E-state index contributed by atoms with van der Waals surface area (Å²) >= 11 is 0. The summed E-state index contributed by atoms with van der Waals surface area (Å²) in [6.07, 6.45) is 11.1. The van der Waals surface area contributed by atoms with Gasteiger partial charge in [-0.25, -0.2) is 9.38 Å². The van der Waals surface area contributed by atoms with Crippen LogP contribution in [0.15, 0.2) is 53.6 Å². The van der Waals surface area contributed by atoms with Gasteiger partial charge in [0.15, 0.2) is 0 Å². The Labute approximate surface area is 134 Å².